The van der Waals surface area contributed by atoms with E-state index in [1.807, 2.05) is 6.07 Å². The van der Waals surface area contributed by atoms with E-state index in [2.05, 4.69) is 10.7 Å². The standard InChI is InChI=1S/C22H25N5O4/c23-21(24)17-8-6-15(7-9-17)13-25-20(29)12-19-22(30)27(10-11-31-19)26-14-18(28)16-4-2-1-3-5-16/h1-9,19,26H,10-14H2,(H3,23,24)(H,25,29)/t19-/m1/s1. The summed E-state index contributed by atoms with van der Waals surface area (Å²) >= 11 is 0. The zero-order valence-electron chi connectivity index (χ0n) is 17.0. The molecule has 2 amide bonds. The molecule has 0 aromatic heterocycles. The molecule has 1 saturated heterocycles. The number of ether oxygens (including phenoxy) is 1. The molecular formula is C22H25N5O4. The van der Waals surface area contributed by atoms with Crippen molar-refractivity contribution in [3.05, 3.63) is 71.3 Å². The monoisotopic (exact) mass is 423 g/mol. The Kier molecular flexibility index (Phi) is 7.47. The molecule has 31 heavy (non-hydrogen) atoms. The molecule has 0 aliphatic carbocycles. The molecule has 5 N–H and O–H groups in total. The van der Waals surface area contributed by atoms with Crippen LogP contribution >= 0.6 is 0 Å². The van der Waals surface area contributed by atoms with Gasteiger partial charge in [0.1, 0.15) is 11.9 Å². The summed E-state index contributed by atoms with van der Waals surface area (Å²) in [4.78, 5) is 37.1. The summed E-state index contributed by atoms with van der Waals surface area (Å²) in [5.41, 5.74) is 10.3. The lowest BCUT2D eigenvalue weighted by Crippen LogP contribution is -2.55. The van der Waals surface area contributed by atoms with Crippen molar-refractivity contribution in [3.8, 4) is 0 Å². The van der Waals surface area contributed by atoms with Gasteiger partial charge in [0.05, 0.1) is 26.1 Å². The molecule has 1 aliphatic heterocycles. The number of benzene rings is 2. The number of nitrogen functional groups attached to an aromatic ring is 1. The number of carbonyl (C=O) groups excluding carboxylic acids is 3. The molecule has 1 fully saturated rings. The van der Waals surface area contributed by atoms with E-state index in [4.69, 9.17) is 15.9 Å². The molecule has 0 saturated carbocycles. The molecule has 1 heterocycles. The Labute approximate surface area is 180 Å². The second kappa shape index (κ2) is 10.5. The Balaban J connectivity index is 1.46. The Hall–Kier alpha value is -3.56. The quantitative estimate of drug-likeness (QED) is 0.265. The van der Waals surface area contributed by atoms with Crippen molar-refractivity contribution in [2.45, 2.75) is 19.1 Å². The second-order valence-corrected chi connectivity index (χ2v) is 7.06. The molecule has 9 heteroatoms. The Morgan fingerprint density at radius 2 is 1.81 bits per heavy atom. The molecule has 9 nitrogen and oxygen atoms in total. The maximum Gasteiger partial charge on any atom is 0.266 e. The van der Waals surface area contributed by atoms with Crippen molar-refractivity contribution in [2.24, 2.45) is 5.73 Å². The van der Waals surface area contributed by atoms with Crippen LogP contribution in [-0.4, -0.2) is 54.2 Å². The van der Waals surface area contributed by atoms with Crippen LogP contribution in [0.5, 0.6) is 0 Å². The minimum atomic E-state index is -0.909. The van der Waals surface area contributed by atoms with Crippen LogP contribution < -0.4 is 16.5 Å². The van der Waals surface area contributed by atoms with E-state index >= 15 is 0 Å². The summed E-state index contributed by atoms with van der Waals surface area (Å²) < 4.78 is 5.46. The molecule has 1 aliphatic rings. The van der Waals surface area contributed by atoms with E-state index < -0.39 is 6.10 Å². The average Bonchev–Trinajstić information content (AvgIpc) is 2.79. The second-order valence-electron chi connectivity index (χ2n) is 7.06. The number of hydrogen-bond acceptors (Lipinski definition) is 6. The predicted molar refractivity (Wildman–Crippen MR) is 114 cm³/mol. The van der Waals surface area contributed by atoms with Gasteiger partial charge >= 0.3 is 0 Å². The molecule has 0 bridgehead atoms. The number of hydrogen-bond donors (Lipinski definition) is 4. The number of amidine groups is 1. The van der Waals surface area contributed by atoms with Crippen LogP contribution in [0.1, 0.15) is 27.9 Å². The van der Waals surface area contributed by atoms with Crippen molar-refractivity contribution in [2.75, 3.05) is 19.7 Å². The van der Waals surface area contributed by atoms with Gasteiger partial charge in [-0.2, -0.15) is 0 Å². The number of hydrazine groups is 1. The predicted octanol–water partition coefficient (Wildman–Crippen LogP) is 0.592. The lowest BCUT2D eigenvalue weighted by molar-refractivity contribution is -0.159. The fourth-order valence-electron chi connectivity index (χ4n) is 3.08. The molecule has 0 spiro atoms. The number of nitrogens with one attached hydrogen (secondary N) is 3. The molecule has 0 radical (unpaired) electrons. The number of rotatable bonds is 9. The van der Waals surface area contributed by atoms with Crippen LogP contribution in [-0.2, 0) is 20.9 Å². The molecule has 2 aromatic rings. The van der Waals surface area contributed by atoms with Crippen molar-refractivity contribution in [1.29, 1.82) is 5.41 Å². The maximum atomic E-state index is 12.6. The van der Waals surface area contributed by atoms with Crippen LogP contribution in [0.3, 0.4) is 0 Å². The zero-order chi connectivity index (χ0) is 22.2. The zero-order valence-corrected chi connectivity index (χ0v) is 17.0. The van der Waals surface area contributed by atoms with Gasteiger partial charge in [0.25, 0.3) is 5.91 Å². The summed E-state index contributed by atoms with van der Waals surface area (Å²) in [6, 6.07) is 15.8. The lowest BCUT2D eigenvalue weighted by Gasteiger charge is -2.32. The topological polar surface area (TPSA) is 138 Å². The Morgan fingerprint density at radius 1 is 1.10 bits per heavy atom. The van der Waals surface area contributed by atoms with Gasteiger partial charge in [0.15, 0.2) is 5.78 Å². The van der Waals surface area contributed by atoms with E-state index in [1.165, 1.54) is 5.01 Å². The molecule has 2 aromatic carbocycles. The van der Waals surface area contributed by atoms with Gasteiger partial charge in [-0.3, -0.25) is 24.8 Å². The van der Waals surface area contributed by atoms with Crippen LogP contribution in [0.2, 0.25) is 0 Å². The lowest BCUT2D eigenvalue weighted by atomic mass is 10.1. The molecular weight excluding hydrogens is 398 g/mol. The molecule has 3 rings (SSSR count). The number of nitrogens with two attached hydrogens (primary N) is 1. The van der Waals surface area contributed by atoms with Crippen LogP contribution in [0.15, 0.2) is 54.6 Å². The fourth-order valence-corrected chi connectivity index (χ4v) is 3.08. The summed E-state index contributed by atoms with van der Waals surface area (Å²) in [6.07, 6.45) is -1.03. The normalized spacial score (nSPS) is 16.1. The van der Waals surface area contributed by atoms with Gasteiger partial charge in [0, 0.05) is 17.7 Å². The first-order chi connectivity index (χ1) is 14.9. The largest absolute Gasteiger partial charge is 0.384 e. The van der Waals surface area contributed by atoms with Gasteiger partial charge in [-0.15, -0.1) is 0 Å². The van der Waals surface area contributed by atoms with Gasteiger partial charge in [-0.25, -0.2) is 5.43 Å². The highest BCUT2D eigenvalue weighted by molar-refractivity contribution is 5.98. The third-order valence-corrected chi connectivity index (χ3v) is 4.83. The smallest absolute Gasteiger partial charge is 0.266 e. The van der Waals surface area contributed by atoms with E-state index in [9.17, 15) is 14.4 Å². The molecule has 0 unspecified atom stereocenters. The SMILES string of the molecule is N=C(N)c1ccc(CNC(=O)C[C@H]2OCCN(NCC(=O)c3ccccc3)C2=O)cc1. The number of nitrogens with zero attached hydrogens (tertiary/aromatic N) is 1. The van der Waals surface area contributed by atoms with Gasteiger partial charge in [-0.1, -0.05) is 54.6 Å². The average molecular weight is 423 g/mol. The Bertz CT molecular complexity index is 946. The summed E-state index contributed by atoms with van der Waals surface area (Å²) in [7, 11) is 0. The van der Waals surface area contributed by atoms with E-state index in [0.29, 0.717) is 17.7 Å². The first-order valence-corrected chi connectivity index (χ1v) is 9.89. The van der Waals surface area contributed by atoms with Crippen molar-refractivity contribution in [3.63, 3.8) is 0 Å². The molecule has 1 atom stereocenters. The summed E-state index contributed by atoms with van der Waals surface area (Å²) in [5.74, 6) is -0.860. The van der Waals surface area contributed by atoms with Gasteiger partial charge in [-0.05, 0) is 5.56 Å². The van der Waals surface area contributed by atoms with Crippen molar-refractivity contribution < 1.29 is 19.1 Å². The number of morpholine rings is 1. The minimum Gasteiger partial charge on any atom is -0.384 e. The highest BCUT2D eigenvalue weighted by Crippen LogP contribution is 2.10. The third kappa shape index (κ3) is 6.21. The van der Waals surface area contributed by atoms with Crippen molar-refractivity contribution in [1.82, 2.24) is 15.8 Å². The number of ketones is 1. The van der Waals surface area contributed by atoms with E-state index in [-0.39, 0.29) is 49.6 Å². The van der Waals surface area contributed by atoms with Gasteiger partial charge < -0.3 is 15.8 Å². The first kappa shape index (κ1) is 22.1. The first-order valence-electron chi connectivity index (χ1n) is 9.89. The number of amides is 2. The maximum absolute atomic E-state index is 12.6. The fraction of sp³-hybridized carbons (Fsp3) is 0.273. The van der Waals surface area contributed by atoms with Crippen LogP contribution in [0.4, 0.5) is 0 Å². The van der Waals surface area contributed by atoms with Crippen LogP contribution in [0.25, 0.3) is 0 Å². The highest BCUT2D eigenvalue weighted by Gasteiger charge is 2.31. The third-order valence-electron chi connectivity index (χ3n) is 4.83. The van der Waals surface area contributed by atoms with Crippen LogP contribution in [0, 0.1) is 5.41 Å². The molecule has 162 valence electrons. The van der Waals surface area contributed by atoms with E-state index in [1.54, 1.807) is 48.5 Å². The Morgan fingerprint density at radius 3 is 2.48 bits per heavy atom. The number of Topliss-reactive ketones (excluding diaryl/α,β-unsaturated/α-hetero) is 1. The summed E-state index contributed by atoms with van der Waals surface area (Å²) in [5, 5.41) is 11.5. The van der Waals surface area contributed by atoms with E-state index in [0.717, 1.165) is 5.56 Å². The minimum absolute atomic E-state index is 0.0211. The number of carbonyl (C=O) groups is 3. The summed E-state index contributed by atoms with van der Waals surface area (Å²) in [6.45, 7) is 0.820. The van der Waals surface area contributed by atoms with Gasteiger partial charge in [0.2, 0.25) is 5.91 Å². The highest BCUT2D eigenvalue weighted by atomic mass is 16.5. The van der Waals surface area contributed by atoms with Crippen molar-refractivity contribution >= 4 is 23.4 Å².